The SMILES string of the molecule is COc1ccc(/C(O)=C2/C(=O)C(=O)NC2c2ccc(C(C)(C)C)cc2)cc1F. The molecule has 1 amide bonds. The Morgan fingerprint density at radius 3 is 2.29 bits per heavy atom. The van der Waals surface area contributed by atoms with Gasteiger partial charge in [-0.3, -0.25) is 9.59 Å². The van der Waals surface area contributed by atoms with Crippen molar-refractivity contribution in [2.24, 2.45) is 0 Å². The number of nitrogens with one attached hydrogen (secondary N) is 1. The van der Waals surface area contributed by atoms with Gasteiger partial charge in [-0.1, -0.05) is 45.0 Å². The predicted molar refractivity (Wildman–Crippen MR) is 104 cm³/mol. The molecule has 2 aromatic rings. The summed E-state index contributed by atoms with van der Waals surface area (Å²) in [7, 11) is 1.33. The van der Waals surface area contributed by atoms with Crippen LogP contribution in [0.1, 0.15) is 43.5 Å². The number of ketones is 1. The van der Waals surface area contributed by atoms with Gasteiger partial charge in [0.15, 0.2) is 11.6 Å². The van der Waals surface area contributed by atoms with E-state index >= 15 is 0 Å². The van der Waals surface area contributed by atoms with Crippen molar-refractivity contribution in [2.75, 3.05) is 7.11 Å². The Hall–Kier alpha value is -3.15. The van der Waals surface area contributed by atoms with E-state index in [1.165, 1.54) is 19.2 Å². The van der Waals surface area contributed by atoms with E-state index in [1.54, 1.807) is 0 Å². The van der Waals surface area contributed by atoms with E-state index in [4.69, 9.17) is 4.74 Å². The molecule has 3 rings (SSSR count). The molecule has 1 saturated heterocycles. The third kappa shape index (κ3) is 3.50. The number of methoxy groups -OCH3 is 1. The molecule has 6 heteroatoms. The van der Waals surface area contributed by atoms with Gasteiger partial charge in [0.1, 0.15) is 5.76 Å². The van der Waals surface area contributed by atoms with Crippen molar-refractivity contribution in [3.05, 3.63) is 70.5 Å². The molecule has 5 nitrogen and oxygen atoms in total. The fraction of sp³-hybridized carbons (Fsp3) is 0.273. The fourth-order valence-electron chi connectivity index (χ4n) is 3.16. The molecule has 2 N–H and O–H groups in total. The molecule has 1 unspecified atom stereocenters. The zero-order chi connectivity index (χ0) is 20.6. The number of carbonyl (C=O) groups excluding carboxylic acids is 2. The zero-order valence-electron chi connectivity index (χ0n) is 16.2. The summed E-state index contributed by atoms with van der Waals surface area (Å²) in [6.45, 7) is 6.24. The summed E-state index contributed by atoms with van der Waals surface area (Å²) in [5, 5.41) is 13.3. The normalized spacial score (nSPS) is 18.8. The van der Waals surface area contributed by atoms with Gasteiger partial charge >= 0.3 is 0 Å². The van der Waals surface area contributed by atoms with Crippen LogP contribution in [0.15, 0.2) is 48.0 Å². The van der Waals surface area contributed by atoms with Crippen molar-refractivity contribution in [3.63, 3.8) is 0 Å². The molecule has 1 aliphatic rings. The lowest BCUT2D eigenvalue weighted by molar-refractivity contribution is -0.133. The predicted octanol–water partition coefficient (Wildman–Crippen LogP) is 3.84. The second-order valence-corrected chi connectivity index (χ2v) is 7.72. The first-order valence-electron chi connectivity index (χ1n) is 8.86. The molecule has 1 fully saturated rings. The molecule has 1 atom stereocenters. The molecule has 1 heterocycles. The molecule has 0 spiro atoms. The molecule has 146 valence electrons. The van der Waals surface area contributed by atoms with Gasteiger partial charge in [0.05, 0.1) is 18.7 Å². The van der Waals surface area contributed by atoms with E-state index in [0.29, 0.717) is 5.56 Å². The highest BCUT2D eigenvalue weighted by Crippen LogP contribution is 2.34. The minimum Gasteiger partial charge on any atom is -0.507 e. The Morgan fingerprint density at radius 2 is 1.75 bits per heavy atom. The number of benzene rings is 2. The Morgan fingerprint density at radius 1 is 1.11 bits per heavy atom. The van der Waals surface area contributed by atoms with Gasteiger partial charge in [-0.2, -0.15) is 0 Å². The fourth-order valence-corrected chi connectivity index (χ4v) is 3.16. The second-order valence-electron chi connectivity index (χ2n) is 7.72. The molecule has 28 heavy (non-hydrogen) atoms. The van der Waals surface area contributed by atoms with Gasteiger partial charge in [0.25, 0.3) is 11.7 Å². The van der Waals surface area contributed by atoms with Crippen LogP contribution in [0, 0.1) is 5.82 Å². The average Bonchev–Trinajstić information content (AvgIpc) is 2.95. The lowest BCUT2D eigenvalue weighted by Crippen LogP contribution is -2.21. The first-order chi connectivity index (χ1) is 13.1. The summed E-state index contributed by atoms with van der Waals surface area (Å²) in [4.78, 5) is 24.4. The molecular weight excluding hydrogens is 361 g/mol. The Kier molecular flexibility index (Phi) is 4.98. The molecular formula is C22H22FNO4. The standard InChI is InChI=1S/C22H22FNO4/c1-22(2,3)14-8-5-12(6-9-14)18-17(20(26)21(27)24-18)19(25)13-7-10-16(28-4)15(23)11-13/h5-11,18,25H,1-4H3,(H,24,27)/b19-17-. The van der Waals surface area contributed by atoms with Crippen molar-refractivity contribution in [3.8, 4) is 5.75 Å². The lowest BCUT2D eigenvalue weighted by atomic mass is 9.85. The van der Waals surface area contributed by atoms with Crippen LogP contribution in [0.5, 0.6) is 5.75 Å². The number of Topliss-reactive ketones (excluding diaryl/α,β-unsaturated/α-hetero) is 1. The molecule has 0 radical (unpaired) electrons. The van der Waals surface area contributed by atoms with E-state index in [1.807, 2.05) is 24.3 Å². The van der Waals surface area contributed by atoms with Crippen LogP contribution in [-0.4, -0.2) is 23.9 Å². The second kappa shape index (κ2) is 7.11. The molecule has 0 saturated carbocycles. The van der Waals surface area contributed by atoms with Gasteiger partial charge < -0.3 is 15.2 Å². The quantitative estimate of drug-likeness (QED) is 0.480. The number of hydrogen-bond donors (Lipinski definition) is 2. The largest absolute Gasteiger partial charge is 0.507 e. The van der Waals surface area contributed by atoms with Crippen molar-refractivity contribution < 1.29 is 23.8 Å². The van der Waals surface area contributed by atoms with Crippen LogP contribution < -0.4 is 10.1 Å². The number of carbonyl (C=O) groups is 2. The number of rotatable bonds is 3. The summed E-state index contributed by atoms with van der Waals surface area (Å²) in [5.41, 5.74) is 1.70. The Labute approximate surface area is 162 Å². The summed E-state index contributed by atoms with van der Waals surface area (Å²) >= 11 is 0. The van der Waals surface area contributed by atoms with E-state index in [-0.39, 0.29) is 22.3 Å². The average molecular weight is 383 g/mol. The smallest absolute Gasteiger partial charge is 0.293 e. The van der Waals surface area contributed by atoms with Gasteiger partial charge in [-0.25, -0.2) is 4.39 Å². The Bertz CT molecular complexity index is 971. The number of ether oxygens (including phenoxy) is 1. The highest BCUT2D eigenvalue weighted by atomic mass is 19.1. The minimum atomic E-state index is -0.835. The van der Waals surface area contributed by atoms with Crippen LogP contribution in [0.3, 0.4) is 0 Å². The topological polar surface area (TPSA) is 75.6 Å². The van der Waals surface area contributed by atoms with Crippen LogP contribution in [0.4, 0.5) is 4.39 Å². The van der Waals surface area contributed by atoms with E-state index in [0.717, 1.165) is 11.6 Å². The maximum Gasteiger partial charge on any atom is 0.293 e. The number of aliphatic hydroxyl groups is 1. The monoisotopic (exact) mass is 383 g/mol. The maximum absolute atomic E-state index is 14.0. The van der Waals surface area contributed by atoms with Crippen molar-refractivity contribution >= 4 is 17.4 Å². The Balaban J connectivity index is 2.06. The summed E-state index contributed by atoms with van der Waals surface area (Å²) in [6.07, 6.45) is 0. The van der Waals surface area contributed by atoms with Crippen LogP contribution in [0.25, 0.3) is 5.76 Å². The molecule has 1 aliphatic heterocycles. The van der Waals surface area contributed by atoms with Gasteiger partial charge in [0.2, 0.25) is 0 Å². The number of aliphatic hydroxyl groups excluding tert-OH is 1. The van der Waals surface area contributed by atoms with Gasteiger partial charge in [0, 0.05) is 5.56 Å². The summed E-state index contributed by atoms with van der Waals surface area (Å²) in [5.74, 6) is -2.74. The van der Waals surface area contributed by atoms with Gasteiger partial charge in [-0.15, -0.1) is 0 Å². The number of halogens is 1. The maximum atomic E-state index is 14.0. The zero-order valence-corrected chi connectivity index (χ0v) is 16.2. The van der Waals surface area contributed by atoms with Crippen molar-refractivity contribution in [1.29, 1.82) is 0 Å². The number of amides is 1. The molecule has 0 aliphatic carbocycles. The molecule has 2 aromatic carbocycles. The molecule has 0 aromatic heterocycles. The first kappa shape index (κ1) is 19.6. The van der Waals surface area contributed by atoms with E-state index in [2.05, 4.69) is 26.1 Å². The minimum absolute atomic E-state index is 0.0165. The highest BCUT2D eigenvalue weighted by Gasteiger charge is 2.39. The molecule has 0 bridgehead atoms. The lowest BCUT2D eigenvalue weighted by Gasteiger charge is -2.20. The van der Waals surface area contributed by atoms with E-state index in [9.17, 15) is 19.1 Å². The van der Waals surface area contributed by atoms with Crippen molar-refractivity contribution in [2.45, 2.75) is 32.2 Å². The highest BCUT2D eigenvalue weighted by molar-refractivity contribution is 6.46. The third-order valence-corrected chi connectivity index (χ3v) is 4.81. The summed E-state index contributed by atoms with van der Waals surface area (Å²) < 4.78 is 18.9. The van der Waals surface area contributed by atoms with Crippen LogP contribution in [0.2, 0.25) is 0 Å². The van der Waals surface area contributed by atoms with Crippen LogP contribution >= 0.6 is 0 Å². The third-order valence-electron chi connectivity index (χ3n) is 4.81. The summed E-state index contributed by atoms with van der Waals surface area (Å²) in [6, 6.07) is 10.5. The van der Waals surface area contributed by atoms with Crippen molar-refractivity contribution in [1.82, 2.24) is 5.32 Å². The number of hydrogen-bond acceptors (Lipinski definition) is 4. The first-order valence-corrected chi connectivity index (χ1v) is 8.86. The van der Waals surface area contributed by atoms with Crippen LogP contribution in [-0.2, 0) is 15.0 Å². The van der Waals surface area contributed by atoms with E-state index < -0.39 is 29.3 Å². The van der Waals surface area contributed by atoms with Gasteiger partial charge in [-0.05, 0) is 34.7 Å².